The maximum absolute atomic E-state index is 12.7. The van der Waals surface area contributed by atoms with Crippen molar-refractivity contribution in [2.75, 3.05) is 26.4 Å². The third kappa shape index (κ3) is 39.7. The van der Waals surface area contributed by atoms with Crippen molar-refractivity contribution in [1.29, 1.82) is 0 Å². The molecule has 0 spiro atoms. The number of aliphatic hydroxyl groups excluding tert-OH is 4. The molecule has 0 aliphatic heterocycles. The van der Waals surface area contributed by atoms with Gasteiger partial charge in [0.05, 0.1) is 32.0 Å². The van der Waals surface area contributed by atoms with Crippen LogP contribution >= 0.6 is 7.82 Å². The number of hydrogen-bond acceptors (Lipinski definition) is 11. The van der Waals surface area contributed by atoms with Crippen LogP contribution in [-0.2, 0) is 32.7 Å². The summed E-state index contributed by atoms with van der Waals surface area (Å²) in [6.07, 6.45) is 36.7. The Bertz CT molecular complexity index is 1160. The summed E-state index contributed by atoms with van der Waals surface area (Å²) >= 11 is 0. The number of esters is 2. The monoisotopic (exact) mass is 859 g/mol. The van der Waals surface area contributed by atoms with E-state index in [1.54, 1.807) is 0 Å². The number of unbranched alkanes of at least 4 members (excludes halogenated alkanes) is 16. The number of ether oxygens (including phenoxy) is 2. The van der Waals surface area contributed by atoms with Gasteiger partial charge in [0.25, 0.3) is 0 Å². The molecule has 12 nitrogen and oxygen atoms in total. The number of phosphoric acid groups is 1. The van der Waals surface area contributed by atoms with Crippen molar-refractivity contribution in [2.45, 2.75) is 205 Å². The molecule has 0 fully saturated rings. The molecule has 0 amide bonds. The van der Waals surface area contributed by atoms with Gasteiger partial charge in [-0.3, -0.25) is 18.6 Å². The summed E-state index contributed by atoms with van der Waals surface area (Å²) in [5.41, 5.74) is 0. The summed E-state index contributed by atoms with van der Waals surface area (Å²) in [7, 11) is -4.70. The maximum atomic E-state index is 12.7. The maximum Gasteiger partial charge on any atom is 0.472 e. The molecule has 3 unspecified atom stereocenters. The molecule has 0 saturated heterocycles. The quantitative estimate of drug-likeness (QED) is 0.0169. The molecule has 0 heterocycles. The number of hydrogen-bond donors (Lipinski definition) is 5. The van der Waals surface area contributed by atoms with Gasteiger partial charge < -0.3 is 34.8 Å². The first-order chi connectivity index (χ1) is 28.5. The van der Waals surface area contributed by atoms with E-state index in [9.17, 15) is 34.4 Å². The SMILES string of the molecule is CCCCC/C=C\C/C=C\C/C=C\CC(O)C(O)CCCC(=O)O[C@H](COC(=O)CCCCCCCCC/C=C\CCCCCCCC)COP(=O)(O)OC[C@@H](O)CO. The van der Waals surface area contributed by atoms with Crippen molar-refractivity contribution >= 4 is 19.8 Å². The Morgan fingerprint density at radius 1 is 0.559 bits per heavy atom. The van der Waals surface area contributed by atoms with E-state index < -0.39 is 70.6 Å². The molecule has 0 radical (unpaired) electrons. The molecule has 0 aliphatic carbocycles. The Morgan fingerprint density at radius 3 is 1.64 bits per heavy atom. The normalized spacial score (nSPS) is 15.3. The van der Waals surface area contributed by atoms with E-state index in [1.807, 2.05) is 12.2 Å². The molecule has 0 aromatic rings. The predicted molar refractivity (Wildman–Crippen MR) is 236 cm³/mol. The number of rotatable bonds is 42. The van der Waals surface area contributed by atoms with Gasteiger partial charge in [0.15, 0.2) is 6.10 Å². The van der Waals surface area contributed by atoms with Gasteiger partial charge in [-0.15, -0.1) is 0 Å². The van der Waals surface area contributed by atoms with Crippen LogP contribution in [0.3, 0.4) is 0 Å². The van der Waals surface area contributed by atoms with Crippen molar-refractivity contribution in [2.24, 2.45) is 0 Å². The predicted octanol–water partition coefficient (Wildman–Crippen LogP) is 10.1. The first-order valence-electron chi connectivity index (χ1n) is 22.8. The van der Waals surface area contributed by atoms with Crippen molar-refractivity contribution in [3.63, 3.8) is 0 Å². The highest BCUT2D eigenvalue weighted by Crippen LogP contribution is 2.43. The van der Waals surface area contributed by atoms with E-state index in [1.165, 1.54) is 77.0 Å². The summed E-state index contributed by atoms with van der Waals surface area (Å²) in [5, 5.41) is 39.1. The van der Waals surface area contributed by atoms with Gasteiger partial charge in [-0.05, 0) is 77.0 Å². The standard InChI is InChI=1S/C46H83O12P/c1-3-5-7-9-11-13-15-17-18-19-20-21-23-25-27-29-31-35-45(51)55-39-42(40-57-59(53,54)56-38-41(48)37-47)58-46(52)36-32-34-44(50)43(49)33-30-28-26-24-22-16-14-12-10-8-6-4-2/h12,14,17-18,22,24,28,30,41-44,47-50H,3-11,13,15-16,19-21,23,25-27,29,31-40H2,1-2H3,(H,53,54)/b14-12-,18-17-,24-22-,30-28-/t41-,42+,43?,44?/m0/s1. The molecule has 0 aromatic heterocycles. The summed E-state index contributed by atoms with van der Waals surface area (Å²) in [6, 6.07) is 0. The molecule has 13 heteroatoms. The van der Waals surface area contributed by atoms with Crippen LogP contribution < -0.4 is 0 Å². The second-order valence-electron chi connectivity index (χ2n) is 15.4. The zero-order valence-corrected chi connectivity index (χ0v) is 37.6. The topological polar surface area (TPSA) is 189 Å². The van der Waals surface area contributed by atoms with Gasteiger partial charge in [0.2, 0.25) is 0 Å². The smallest absolute Gasteiger partial charge is 0.462 e. The van der Waals surface area contributed by atoms with Gasteiger partial charge in [-0.1, -0.05) is 140 Å². The lowest BCUT2D eigenvalue weighted by Gasteiger charge is -2.20. The fourth-order valence-corrected chi connectivity index (χ4v) is 6.76. The highest BCUT2D eigenvalue weighted by molar-refractivity contribution is 7.47. The average molecular weight is 859 g/mol. The number of aliphatic hydroxyl groups is 4. The Hall–Kier alpha value is -2.15. The minimum atomic E-state index is -4.70. The summed E-state index contributed by atoms with van der Waals surface area (Å²) in [6.45, 7) is 2.01. The Kier molecular flexibility index (Phi) is 39.7. The lowest BCUT2D eigenvalue weighted by Crippen LogP contribution is -2.30. The first kappa shape index (κ1) is 56.9. The molecule has 0 bridgehead atoms. The average Bonchev–Trinajstić information content (AvgIpc) is 3.22. The minimum absolute atomic E-state index is 0.131. The summed E-state index contributed by atoms with van der Waals surface area (Å²) < 4.78 is 32.5. The fraction of sp³-hybridized carbons (Fsp3) is 0.783. The van der Waals surface area contributed by atoms with Crippen molar-refractivity contribution in [1.82, 2.24) is 0 Å². The van der Waals surface area contributed by atoms with Crippen molar-refractivity contribution in [3.05, 3.63) is 48.6 Å². The molecule has 0 rings (SSSR count). The van der Waals surface area contributed by atoms with Gasteiger partial charge in [0, 0.05) is 12.8 Å². The minimum Gasteiger partial charge on any atom is -0.462 e. The van der Waals surface area contributed by atoms with Crippen LogP contribution in [0.2, 0.25) is 0 Å². The zero-order chi connectivity index (χ0) is 43.7. The lowest BCUT2D eigenvalue weighted by molar-refractivity contribution is -0.161. The van der Waals surface area contributed by atoms with Crippen LogP contribution in [0.15, 0.2) is 48.6 Å². The molecule has 344 valence electrons. The fourth-order valence-electron chi connectivity index (χ4n) is 5.97. The molecule has 0 saturated carbocycles. The van der Waals surface area contributed by atoms with E-state index in [0.717, 1.165) is 51.4 Å². The van der Waals surface area contributed by atoms with Crippen LogP contribution in [0.5, 0.6) is 0 Å². The number of carbonyl (C=O) groups excluding carboxylic acids is 2. The molecule has 0 aliphatic rings. The van der Waals surface area contributed by atoms with Crippen LogP contribution in [0.4, 0.5) is 0 Å². The molecule has 59 heavy (non-hydrogen) atoms. The third-order valence-corrected chi connectivity index (χ3v) is 10.6. The molecular formula is C46H83O12P. The molecule has 0 aromatic carbocycles. The van der Waals surface area contributed by atoms with Crippen molar-refractivity contribution in [3.8, 4) is 0 Å². The molecular weight excluding hydrogens is 775 g/mol. The van der Waals surface area contributed by atoms with Crippen LogP contribution in [0.1, 0.15) is 181 Å². The zero-order valence-electron chi connectivity index (χ0n) is 36.7. The molecule has 5 atom stereocenters. The van der Waals surface area contributed by atoms with Crippen LogP contribution in [0.25, 0.3) is 0 Å². The van der Waals surface area contributed by atoms with E-state index in [2.05, 4.69) is 54.8 Å². The van der Waals surface area contributed by atoms with Crippen LogP contribution in [0, 0.1) is 0 Å². The second-order valence-corrected chi connectivity index (χ2v) is 16.8. The number of carbonyl (C=O) groups is 2. The van der Waals surface area contributed by atoms with E-state index in [-0.39, 0.29) is 32.1 Å². The van der Waals surface area contributed by atoms with Gasteiger partial charge in [-0.25, -0.2) is 4.57 Å². The Morgan fingerprint density at radius 2 is 1.03 bits per heavy atom. The summed E-state index contributed by atoms with van der Waals surface area (Å²) in [4.78, 5) is 35.1. The number of phosphoric ester groups is 1. The van der Waals surface area contributed by atoms with E-state index in [0.29, 0.717) is 6.42 Å². The lowest BCUT2D eigenvalue weighted by atomic mass is 10.0. The highest BCUT2D eigenvalue weighted by atomic mass is 31.2. The van der Waals surface area contributed by atoms with E-state index in [4.69, 9.17) is 19.1 Å². The largest absolute Gasteiger partial charge is 0.472 e. The third-order valence-electron chi connectivity index (χ3n) is 9.66. The van der Waals surface area contributed by atoms with E-state index >= 15 is 0 Å². The van der Waals surface area contributed by atoms with Gasteiger partial charge in [0.1, 0.15) is 12.7 Å². The molecule has 5 N–H and O–H groups in total. The van der Waals surface area contributed by atoms with Crippen molar-refractivity contribution < 1.29 is 58.0 Å². The second kappa shape index (κ2) is 41.2. The first-order valence-corrected chi connectivity index (χ1v) is 24.3. The van der Waals surface area contributed by atoms with Gasteiger partial charge >= 0.3 is 19.8 Å². The van der Waals surface area contributed by atoms with Gasteiger partial charge in [-0.2, -0.15) is 0 Å². The van der Waals surface area contributed by atoms with Crippen LogP contribution in [-0.4, -0.2) is 88.1 Å². The highest BCUT2D eigenvalue weighted by Gasteiger charge is 2.27. The Balaban J connectivity index is 4.52. The summed E-state index contributed by atoms with van der Waals surface area (Å²) in [5.74, 6) is -1.21. The Labute approximate surface area is 357 Å². The number of allylic oxidation sites excluding steroid dienone is 7.